The number of hydrogen-bond acceptors (Lipinski definition) is 3. The monoisotopic (exact) mass is 280 g/mol. The lowest BCUT2D eigenvalue weighted by Crippen LogP contribution is -2.59. The van der Waals surface area contributed by atoms with Gasteiger partial charge in [0.1, 0.15) is 11.4 Å². The van der Waals surface area contributed by atoms with Gasteiger partial charge in [0.05, 0.1) is 0 Å². The Hall–Kier alpha value is -1.62. The number of nitrogens with one attached hydrogen (secondary N) is 1. The summed E-state index contributed by atoms with van der Waals surface area (Å²) >= 11 is 0. The van der Waals surface area contributed by atoms with Crippen LogP contribution in [0.3, 0.4) is 0 Å². The molecule has 2 N–H and O–H groups in total. The van der Waals surface area contributed by atoms with Crippen molar-refractivity contribution < 1.29 is 14.3 Å². The number of halogens is 1. The first-order valence-corrected chi connectivity index (χ1v) is 6.96. The first-order chi connectivity index (χ1) is 9.53. The Balaban J connectivity index is 2.25. The van der Waals surface area contributed by atoms with Crippen molar-refractivity contribution in [3.05, 3.63) is 30.1 Å². The fraction of sp³-hybridized carbons (Fsp3) is 0.533. The molecule has 0 aromatic heterocycles. The van der Waals surface area contributed by atoms with E-state index in [9.17, 15) is 14.3 Å². The quantitative estimate of drug-likeness (QED) is 0.803. The van der Waals surface area contributed by atoms with Gasteiger partial charge in [0.15, 0.2) is 0 Å². The van der Waals surface area contributed by atoms with Crippen LogP contribution < -0.4 is 10.2 Å². The lowest BCUT2D eigenvalue weighted by atomic mass is 9.92. The number of nitrogens with zero attached hydrogens (tertiary/aromatic N) is 1. The van der Waals surface area contributed by atoms with Crippen molar-refractivity contribution in [1.82, 2.24) is 5.32 Å². The number of rotatable bonds is 7. The van der Waals surface area contributed by atoms with Crippen molar-refractivity contribution in [1.29, 1.82) is 0 Å². The maximum Gasteiger partial charge on any atom is 0.326 e. The SMILES string of the molecule is CCN(CC(NC)(C(=O)O)C1CC1)c1cccc(F)c1. The van der Waals surface area contributed by atoms with E-state index in [-0.39, 0.29) is 11.7 Å². The van der Waals surface area contributed by atoms with E-state index >= 15 is 0 Å². The molecular weight excluding hydrogens is 259 g/mol. The number of carboxylic acids is 1. The molecule has 1 saturated carbocycles. The van der Waals surface area contributed by atoms with Gasteiger partial charge in [0, 0.05) is 18.8 Å². The van der Waals surface area contributed by atoms with Crippen LogP contribution in [0.5, 0.6) is 0 Å². The van der Waals surface area contributed by atoms with Crippen molar-refractivity contribution in [2.45, 2.75) is 25.3 Å². The molecule has 20 heavy (non-hydrogen) atoms. The van der Waals surface area contributed by atoms with Crippen LogP contribution in [-0.2, 0) is 4.79 Å². The Morgan fingerprint density at radius 3 is 2.70 bits per heavy atom. The molecule has 2 rings (SSSR count). The summed E-state index contributed by atoms with van der Waals surface area (Å²) in [6.45, 7) is 2.91. The van der Waals surface area contributed by atoms with Gasteiger partial charge < -0.3 is 15.3 Å². The number of hydrogen-bond donors (Lipinski definition) is 2. The highest BCUT2D eigenvalue weighted by molar-refractivity contribution is 5.81. The summed E-state index contributed by atoms with van der Waals surface area (Å²) in [5, 5.41) is 12.6. The molecule has 1 aliphatic carbocycles. The minimum absolute atomic E-state index is 0.146. The van der Waals surface area contributed by atoms with Crippen molar-refractivity contribution in [3.8, 4) is 0 Å². The summed E-state index contributed by atoms with van der Waals surface area (Å²) in [5.41, 5.74) is -0.239. The third-order valence-corrected chi connectivity index (χ3v) is 4.10. The summed E-state index contributed by atoms with van der Waals surface area (Å²) in [4.78, 5) is 13.6. The predicted molar refractivity (Wildman–Crippen MR) is 76.4 cm³/mol. The predicted octanol–water partition coefficient (Wildman–Crippen LogP) is 2.10. The second kappa shape index (κ2) is 5.79. The molecule has 5 heteroatoms. The fourth-order valence-electron chi connectivity index (χ4n) is 2.70. The van der Waals surface area contributed by atoms with Gasteiger partial charge in [0.25, 0.3) is 0 Å². The molecule has 0 amide bonds. The molecule has 0 bridgehead atoms. The van der Waals surface area contributed by atoms with Crippen LogP contribution in [0.4, 0.5) is 10.1 Å². The van der Waals surface area contributed by atoms with Gasteiger partial charge >= 0.3 is 5.97 Å². The number of benzene rings is 1. The largest absolute Gasteiger partial charge is 0.480 e. The zero-order chi connectivity index (χ0) is 14.8. The molecule has 1 aliphatic rings. The van der Waals surface area contributed by atoms with E-state index in [1.165, 1.54) is 12.1 Å². The zero-order valence-corrected chi connectivity index (χ0v) is 11.9. The average molecular weight is 280 g/mol. The van der Waals surface area contributed by atoms with Crippen LogP contribution in [0.15, 0.2) is 24.3 Å². The molecule has 1 fully saturated rings. The summed E-state index contributed by atoms with van der Waals surface area (Å²) in [7, 11) is 1.69. The van der Waals surface area contributed by atoms with Crippen molar-refractivity contribution in [3.63, 3.8) is 0 Å². The van der Waals surface area contributed by atoms with Crippen LogP contribution in [0, 0.1) is 11.7 Å². The maximum atomic E-state index is 13.3. The van der Waals surface area contributed by atoms with E-state index in [0.717, 1.165) is 12.8 Å². The van der Waals surface area contributed by atoms with Crippen LogP contribution in [0.2, 0.25) is 0 Å². The number of likely N-dealkylation sites (N-methyl/N-ethyl adjacent to an activating group) is 2. The minimum atomic E-state index is -0.956. The Bertz CT molecular complexity index is 491. The zero-order valence-electron chi connectivity index (χ0n) is 11.9. The third-order valence-electron chi connectivity index (χ3n) is 4.10. The van der Waals surface area contributed by atoms with E-state index < -0.39 is 11.5 Å². The molecule has 1 aromatic carbocycles. The average Bonchev–Trinajstić information content (AvgIpc) is 3.25. The molecule has 0 aliphatic heterocycles. The van der Waals surface area contributed by atoms with E-state index in [1.54, 1.807) is 13.1 Å². The lowest BCUT2D eigenvalue weighted by Gasteiger charge is -2.36. The minimum Gasteiger partial charge on any atom is -0.480 e. The second-order valence-electron chi connectivity index (χ2n) is 5.29. The number of anilines is 1. The van der Waals surface area contributed by atoms with E-state index in [4.69, 9.17) is 0 Å². The van der Waals surface area contributed by atoms with Crippen LogP contribution in [0.1, 0.15) is 19.8 Å². The fourth-order valence-corrected chi connectivity index (χ4v) is 2.70. The molecule has 1 unspecified atom stereocenters. The van der Waals surface area contributed by atoms with E-state index in [2.05, 4.69) is 5.32 Å². The number of carboxylic acid groups (broad SMARTS) is 1. The summed E-state index contributed by atoms with van der Waals surface area (Å²) in [6.07, 6.45) is 1.85. The molecule has 0 heterocycles. The Labute approximate surface area is 118 Å². The Morgan fingerprint density at radius 1 is 1.55 bits per heavy atom. The third kappa shape index (κ3) is 2.77. The highest BCUT2D eigenvalue weighted by Gasteiger charge is 2.51. The van der Waals surface area contributed by atoms with Gasteiger partial charge in [-0.25, -0.2) is 4.39 Å². The Kier molecular flexibility index (Phi) is 4.28. The molecule has 0 radical (unpaired) electrons. The summed E-state index contributed by atoms with van der Waals surface area (Å²) < 4.78 is 13.3. The van der Waals surface area contributed by atoms with E-state index in [0.29, 0.717) is 18.8 Å². The van der Waals surface area contributed by atoms with Crippen LogP contribution >= 0.6 is 0 Å². The number of aliphatic carboxylic acids is 1. The van der Waals surface area contributed by atoms with Crippen molar-refractivity contribution in [2.75, 3.05) is 25.0 Å². The molecule has 1 atom stereocenters. The van der Waals surface area contributed by atoms with Gasteiger partial charge in [-0.05, 0) is 50.9 Å². The lowest BCUT2D eigenvalue weighted by molar-refractivity contribution is -0.145. The van der Waals surface area contributed by atoms with Crippen LogP contribution in [-0.4, -0.2) is 36.8 Å². The first-order valence-electron chi connectivity index (χ1n) is 6.96. The Morgan fingerprint density at radius 2 is 2.25 bits per heavy atom. The smallest absolute Gasteiger partial charge is 0.326 e. The standard InChI is InChI=1S/C15H21FN2O2/c1-3-18(13-6-4-5-12(16)9-13)10-15(17-2,14(19)20)11-7-8-11/h4-6,9,11,17H,3,7-8,10H2,1-2H3,(H,19,20). The van der Waals surface area contributed by atoms with Gasteiger partial charge in [0.2, 0.25) is 0 Å². The van der Waals surface area contributed by atoms with Crippen LogP contribution in [0.25, 0.3) is 0 Å². The van der Waals surface area contributed by atoms with Gasteiger partial charge in [-0.3, -0.25) is 4.79 Å². The molecule has 4 nitrogen and oxygen atoms in total. The summed E-state index contributed by atoms with van der Waals surface area (Å²) in [6, 6.07) is 6.29. The van der Waals surface area contributed by atoms with Gasteiger partial charge in [-0.15, -0.1) is 0 Å². The molecular formula is C15H21FN2O2. The highest BCUT2D eigenvalue weighted by Crippen LogP contribution is 2.40. The molecule has 0 spiro atoms. The normalized spacial score (nSPS) is 17.6. The topological polar surface area (TPSA) is 52.6 Å². The molecule has 110 valence electrons. The van der Waals surface area contributed by atoms with Crippen molar-refractivity contribution >= 4 is 11.7 Å². The first kappa shape index (κ1) is 14.8. The van der Waals surface area contributed by atoms with E-state index in [1.807, 2.05) is 17.9 Å². The molecule has 1 aromatic rings. The maximum absolute atomic E-state index is 13.3. The van der Waals surface area contributed by atoms with Crippen molar-refractivity contribution in [2.24, 2.45) is 5.92 Å². The summed E-state index contributed by atoms with van der Waals surface area (Å²) in [5.74, 6) is -0.997. The highest BCUT2D eigenvalue weighted by atomic mass is 19.1. The second-order valence-corrected chi connectivity index (χ2v) is 5.29. The molecule has 0 saturated heterocycles. The van der Waals surface area contributed by atoms with Gasteiger partial charge in [-0.2, -0.15) is 0 Å². The van der Waals surface area contributed by atoms with Gasteiger partial charge in [-0.1, -0.05) is 6.07 Å². The number of carbonyl (C=O) groups is 1.